The smallest absolute Gasteiger partial charge is 0.271 e. The third-order valence-corrected chi connectivity index (χ3v) is 10.2. The van der Waals surface area contributed by atoms with Gasteiger partial charge in [-0.3, -0.25) is 28.9 Å². The van der Waals surface area contributed by atoms with Crippen molar-refractivity contribution in [1.82, 2.24) is 45.8 Å². The van der Waals surface area contributed by atoms with E-state index in [0.29, 0.717) is 29.5 Å². The van der Waals surface area contributed by atoms with Gasteiger partial charge >= 0.3 is 0 Å². The molecule has 0 spiro atoms. The molecule has 0 aliphatic carbocycles. The minimum Gasteiger partial charge on any atom is -0.345 e. The molecular weight excluding hydrogens is 730 g/mol. The first-order chi connectivity index (χ1) is 25.8. The van der Waals surface area contributed by atoms with Gasteiger partial charge in [0.2, 0.25) is 23.6 Å². The highest BCUT2D eigenvalue weighted by molar-refractivity contribution is 7.09. The Hall–Kier alpha value is -5.12. The molecule has 0 radical (unpaired) electrons. The van der Waals surface area contributed by atoms with Crippen LogP contribution >= 0.6 is 22.9 Å². The summed E-state index contributed by atoms with van der Waals surface area (Å²) in [4.78, 5) is 75.2. The van der Waals surface area contributed by atoms with Crippen LogP contribution in [0.1, 0.15) is 60.4 Å². The minimum absolute atomic E-state index is 0.0220. The predicted octanol–water partition coefficient (Wildman–Crippen LogP) is 3.12. The molecule has 1 aliphatic rings. The van der Waals surface area contributed by atoms with Crippen LogP contribution in [-0.2, 0) is 32.1 Å². The van der Waals surface area contributed by atoms with Crippen LogP contribution in [0.3, 0.4) is 0 Å². The predicted molar refractivity (Wildman–Crippen MR) is 206 cm³/mol. The van der Waals surface area contributed by atoms with Crippen LogP contribution in [0.5, 0.6) is 0 Å². The van der Waals surface area contributed by atoms with E-state index in [-0.39, 0.29) is 36.5 Å². The van der Waals surface area contributed by atoms with Gasteiger partial charge in [0.25, 0.3) is 5.91 Å². The number of carbonyl (C=O) groups excluding carboxylic acids is 5. The summed E-state index contributed by atoms with van der Waals surface area (Å²) in [5, 5.41) is 18.5. The van der Waals surface area contributed by atoms with Crippen LogP contribution in [0.4, 0.5) is 0 Å². The molecule has 4 aromatic rings. The maximum absolute atomic E-state index is 13.9. The van der Waals surface area contributed by atoms with Crippen molar-refractivity contribution in [3.05, 3.63) is 99.2 Å². The van der Waals surface area contributed by atoms with Crippen molar-refractivity contribution in [2.24, 2.45) is 5.92 Å². The molecule has 4 N–H and O–H groups in total. The second-order valence-corrected chi connectivity index (χ2v) is 15.1. The van der Waals surface area contributed by atoms with E-state index >= 15 is 0 Å². The Labute approximate surface area is 323 Å². The van der Waals surface area contributed by atoms with E-state index in [1.165, 1.54) is 23.2 Å². The molecule has 1 aliphatic heterocycles. The number of likely N-dealkylation sites (N-methyl/N-ethyl adjacent to an activating group) is 1. The zero-order chi connectivity index (χ0) is 38.9. The van der Waals surface area contributed by atoms with Crippen LogP contribution in [0, 0.1) is 5.92 Å². The van der Waals surface area contributed by atoms with Gasteiger partial charge in [-0.05, 0) is 56.0 Å². The summed E-state index contributed by atoms with van der Waals surface area (Å²) in [6.07, 6.45) is 4.02. The fourth-order valence-corrected chi connectivity index (χ4v) is 6.92. The number of carbonyl (C=O) groups is 5. The summed E-state index contributed by atoms with van der Waals surface area (Å²) in [5.41, 5.74) is 2.72. The average Bonchev–Trinajstić information content (AvgIpc) is 3.83. The number of thiazole rings is 1. The van der Waals surface area contributed by atoms with Gasteiger partial charge in [0.15, 0.2) is 0 Å². The average molecular weight is 776 g/mol. The van der Waals surface area contributed by atoms with Crippen molar-refractivity contribution in [3.8, 4) is 5.69 Å². The maximum Gasteiger partial charge on any atom is 0.271 e. The standard InChI is InChI=1S/C38H46ClN9O5S/c1-23(2)33-36(52)42-25(4)38(53)46(5)15-16-47(19-27-18-40-48(20-27)29-13-11-28(39)12-14-29)21-32(49)43-30(17-26-9-7-6-8-10-26)37-44-31(22-54-37)35(51)41-24(3)34(50)45-33/h6-14,18,20,22-25,30,33H,15-17,19,21H2,1-5H3,(H,41,51)(H,42,52)(H,43,49)(H,45,50)/t24-,25+,30-,33-/m0/s1. The lowest BCUT2D eigenvalue weighted by Gasteiger charge is -2.28. The zero-order valence-corrected chi connectivity index (χ0v) is 32.5. The Morgan fingerprint density at radius 2 is 1.59 bits per heavy atom. The molecule has 5 amide bonds. The van der Waals surface area contributed by atoms with E-state index in [9.17, 15) is 24.0 Å². The number of aromatic nitrogens is 3. The summed E-state index contributed by atoms with van der Waals surface area (Å²) in [6.45, 7) is 7.53. The normalized spacial score (nSPS) is 21.5. The molecule has 16 heteroatoms. The molecule has 14 nitrogen and oxygen atoms in total. The third kappa shape index (κ3) is 10.7. The molecule has 2 aromatic carbocycles. The second-order valence-electron chi connectivity index (χ2n) is 13.8. The van der Waals surface area contributed by atoms with Crippen LogP contribution < -0.4 is 21.3 Å². The Morgan fingerprint density at radius 1 is 0.870 bits per heavy atom. The van der Waals surface area contributed by atoms with Crippen molar-refractivity contribution < 1.29 is 24.0 Å². The van der Waals surface area contributed by atoms with E-state index < -0.39 is 41.9 Å². The topological polar surface area (TPSA) is 171 Å². The lowest BCUT2D eigenvalue weighted by molar-refractivity contribution is -0.136. The molecule has 4 atom stereocenters. The fourth-order valence-electron chi connectivity index (χ4n) is 5.94. The molecular formula is C38H46ClN9O5S. The number of amides is 5. The zero-order valence-electron chi connectivity index (χ0n) is 30.9. The summed E-state index contributed by atoms with van der Waals surface area (Å²) >= 11 is 7.31. The summed E-state index contributed by atoms with van der Waals surface area (Å²) < 4.78 is 1.72. The number of nitrogens with zero attached hydrogens (tertiary/aromatic N) is 5. The summed E-state index contributed by atoms with van der Waals surface area (Å²) in [6, 6.07) is 13.5. The number of fused-ring (bicyclic) bond motifs is 2. The van der Waals surface area contributed by atoms with E-state index in [1.807, 2.05) is 53.6 Å². The highest BCUT2D eigenvalue weighted by atomic mass is 35.5. The highest BCUT2D eigenvalue weighted by Crippen LogP contribution is 2.23. The fraction of sp³-hybridized carbons (Fsp3) is 0.395. The molecule has 0 saturated heterocycles. The lowest BCUT2D eigenvalue weighted by Crippen LogP contribution is -2.57. The number of rotatable bonds is 6. The van der Waals surface area contributed by atoms with Crippen LogP contribution in [0.25, 0.3) is 5.69 Å². The molecule has 286 valence electrons. The van der Waals surface area contributed by atoms with Crippen molar-refractivity contribution in [3.63, 3.8) is 0 Å². The minimum atomic E-state index is -1.000. The molecule has 54 heavy (non-hydrogen) atoms. The van der Waals surface area contributed by atoms with E-state index in [0.717, 1.165) is 16.8 Å². The molecule has 2 aromatic heterocycles. The van der Waals surface area contributed by atoms with Gasteiger partial charge in [0.05, 0.1) is 24.5 Å². The summed E-state index contributed by atoms with van der Waals surface area (Å²) in [5.74, 6) is -2.61. The Morgan fingerprint density at radius 3 is 2.30 bits per heavy atom. The van der Waals surface area contributed by atoms with E-state index in [2.05, 4.69) is 31.3 Å². The summed E-state index contributed by atoms with van der Waals surface area (Å²) in [7, 11) is 1.64. The van der Waals surface area contributed by atoms with Gasteiger partial charge in [-0.25, -0.2) is 9.67 Å². The first-order valence-electron chi connectivity index (χ1n) is 17.7. The number of hydrogen-bond acceptors (Lipinski definition) is 9. The van der Waals surface area contributed by atoms with Gasteiger partial charge in [-0.2, -0.15) is 5.10 Å². The molecule has 5 rings (SSSR count). The van der Waals surface area contributed by atoms with E-state index in [1.54, 1.807) is 56.2 Å². The van der Waals surface area contributed by atoms with Crippen molar-refractivity contribution in [1.29, 1.82) is 0 Å². The Bertz CT molecular complexity index is 1930. The highest BCUT2D eigenvalue weighted by Gasteiger charge is 2.31. The number of hydrogen-bond donors (Lipinski definition) is 4. The first kappa shape index (κ1) is 40.1. The lowest BCUT2D eigenvalue weighted by atomic mass is 10.0. The van der Waals surface area contributed by atoms with Crippen LogP contribution in [-0.4, -0.2) is 98.9 Å². The van der Waals surface area contributed by atoms with Crippen molar-refractivity contribution in [2.45, 2.75) is 64.8 Å². The molecule has 0 unspecified atom stereocenters. The number of benzene rings is 2. The number of halogens is 1. The Kier molecular flexibility index (Phi) is 13.6. The Balaban J connectivity index is 1.44. The quantitative estimate of drug-likeness (QED) is 0.232. The van der Waals surface area contributed by atoms with Crippen molar-refractivity contribution in [2.75, 3.05) is 26.7 Å². The van der Waals surface area contributed by atoms with Gasteiger partial charge in [-0.15, -0.1) is 11.3 Å². The second kappa shape index (κ2) is 18.3. The van der Waals surface area contributed by atoms with Gasteiger partial charge in [-0.1, -0.05) is 55.8 Å². The molecule has 2 bridgehead atoms. The molecule has 3 heterocycles. The van der Waals surface area contributed by atoms with Crippen LogP contribution in [0.15, 0.2) is 72.4 Å². The van der Waals surface area contributed by atoms with Gasteiger partial charge in [0.1, 0.15) is 28.8 Å². The first-order valence-corrected chi connectivity index (χ1v) is 19.0. The SMILES string of the molecule is CC(C)[C@@H]1NC(=O)[C@H](C)NC(=O)c2csc(n2)[C@H](Cc2ccccc2)NC(=O)CN(Cc2cnn(-c3ccc(Cl)cc3)c2)CCN(C)C(=O)[C@@H](C)NC1=O. The number of nitrogens with one attached hydrogen (secondary N) is 4. The van der Waals surface area contributed by atoms with Gasteiger partial charge < -0.3 is 26.2 Å². The van der Waals surface area contributed by atoms with Crippen LogP contribution in [0.2, 0.25) is 5.02 Å². The van der Waals surface area contributed by atoms with Gasteiger partial charge in [0, 0.05) is 48.8 Å². The third-order valence-electron chi connectivity index (χ3n) is 9.02. The van der Waals surface area contributed by atoms with E-state index in [4.69, 9.17) is 11.6 Å². The monoisotopic (exact) mass is 775 g/mol. The molecule has 0 saturated carbocycles. The maximum atomic E-state index is 13.9. The van der Waals surface area contributed by atoms with Crippen molar-refractivity contribution >= 4 is 52.5 Å². The largest absolute Gasteiger partial charge is 0.345 e. The molecule has 0 fully saturated rings.